The predicted molar refractivity (Wildman–Crippen MR) is 78.3 cm³/mol. The molecular formula is C16H24N2O. The van der Waals surface area contributed by atoms with Crippen LogP contribution >= 0.6 is 0 Å². The maximum Gasteiger partial charge on any atom is 0.121 e. The smallest absolute Gasteiger partial charge is 0.121 e. The van der Waals surface area contributed by atoms with Crippen molar-refractivity contribution < 1.29 is 4.74 Å². The molecule has 2 aliphatic heterocycles. The van der Waals surface area contributed by atoms with Gasteiger partial charge in [0, 0.05) is 23.7 Å². The van der Waals surface area contributed by atoms with E-state index in [9.17, 15) is 0 Å². The fraction of sp³-hybridized carbons (Fsp3) is 0.625. The number of nitrogen functional groups attached to an aromatic ring is 1. The monoisotopic (exact) mass is 260 g/mol. The second kappa shape index (κ2) is 5.83. The third-order valence-corrected chi connectivity index (χ3v) is 4.55. The summed E-state index contributed by atoms with van der Waals surface area (Å²) in [6.07, 6.45) is 6.74. The first-order valence-electron chi connectivity index (χ1n) is 7.55. The van der Waals surface area contributed by atoms with E-state index in [-0.39, 0.29) is 0 Å². The van der Waals surface area contributed by atoms with Gasteiger partial charge in [-0.2, -0.15) is 0 Å². The van der Waals surface area contributed by atoms with E-state index in [1.165, 1.54) is 45.2 Å². The van der Waals surface area contributed by atoms with Gasteiger partial charge in [0.25, 0.3) is 0 Å². The van der Waals surface area contributed by atoms with E-state index in [2.05, 4.69) is 4.90 Å². The average molecular weight is 260 g/mol. The molecule has 3 heteroatoms. The lowest BCUT2D eigenvalue weighted by Gasteiger charge is -2.44. The van der Waals surface area contributed by atoms with Gasteiger partial charge in [0.1, 0.15) is 5.75 Å². The molecule has 2 atom stereocenters. The van der Waals surface area contributed by atoms with Gasteiger partial charge in [-0.3, -0.25) is 4.90 Å². The second-order valence-corrected chi connectivity index (χ2v) is 5.88. The van der Waals surface area contributed by atoms with Crippen LogP contribution in [-0.2, 0) is 0 Å². The van der Waals surface area contributed by atoms with E-state index >= 15 is 0 Å². The summed E-state index contributed by atoms with van der Waals surface area (Å²) >= 11 is 0. The van der Waals surface area contributed by atoms with Gasteiger partial charge in [0.05, 0.1) is 6.61 Å². The first kappa shape index (κ1) is 12.8. The minimum absolute atomic E-state index is 0.690. The fourth-order valence-electron chi connectivity index (χ4n) is 3.58. The van der Waals surface area contributed by atoms with Crippen molar-refractivity contribution >= 4 is 5.69 Å². The van der Waals surface area contributed by atoms with Crippen molar-refractivity contribution in [1.82, 2.24) is 4.90 Å². The number of ether oxygens (including phenoxy) is 1. The largest absolute Gasteiger partial charge is 0.493 e. The SMILES string of the molecule is Nc1cccc(OC[C@H]2CCCN3CCCC[C@H]23)c1. The summed E-state index contributed by atoms with van der Waals surface area (Å²) in [7, 11) is 0. The maximum atomic E-state index is 5.97. The number of anilines is 1. The molecule has 0 bridgehead atoms. The average Bonchev–Trinajstić information content (AvgIpc) is 2.45. The lowest BCUT2D eigenvalue weighted by atomic mass is 9.84. The lowest BCUT2D eigenvalue weighted by molar-refractivity contribution is 0.0366. The molecule has 0 radical (unpaired) electrons. The molecule has 0 saturated carbocycles. The number of hydrogen-bond donors (Lipinski definition) is 1. The summed E-state index contributed by atoms with van der Waals surface area (Å²) in [6.45, 7) is 3.42. The van der Waals surface area contributed by atoms with Crippen LogP contribution in [0.5, 0.6) is 5.75 Å². The van der Waals surface area contributed by atoms with Gasteiger partial charge in [-0.1, -0.05) is 12.5 Å². The van der Waals surface area contributed by atoms with Crippen molar-refractivity contribution in [2.24, 2.45) is 5.92 Å². The quantitative estimate of drug-likeness (QED) is 0.849. The molecule has 0 unspecified atom stereocenters. The van der Waals surface area contributed by atoms with Crippen LogP contribution in [0.4, 0.5) is 5.69 Å². The number of nitrogens with zero attached hydrogens (tertiary/aromatic N) is 1. The zero-order chi connectivity index (χ0) is 13.1. The van der Waals surface area contributed by atoms with E-state index in [4.69, 9.17) is 10.5 Å². The van der Waals surface area contributed by atoms with Gasteiger partial charge in [-0.05, 0) is 50.9 Å². The number of fused-ring (bicyclic) bond motifs is 1. The van der Waals surface area contributed by atoms with E-state index in [0.29, 0.717) is 5.92 Å². The highest BCUT2D eigenvalue weighted by Crippen LogP contribution is 2.31. The summed E-state index contributed by atoms with van der Waals surface area (Å²) in [5.41, 5.74) is 6.56. The van der Waals surface area contributed by atoms with Crippen molar-refractivity contribution in [3.05, 3.63) is 24.3 Å². The van der Waals surface area contributed by atoms with Crippen LogP contribution in [0.1, 0.15) is 32.1 Å². The van der Waals surface area contributed by atoms with Crippen molar-refractivity contribution in [1.29, 1.82) is 0 Å². The zero-order valence-corrected chi connectivity index (χ0v) is 11.6. The Labute approximate surface area is 115 Å². The van der Waals surface area contributed by atoms with Gasteiger partial charge in [-0.15, -0.1) is 0 Å². The Kier molecular flexibility index (Phi) is 3.92. The molecule has 1 aromatic carbocycles. The molecule has 2 fully saturated rings. The Morgan fingerprint density at radius 3 is 2.95 bits per heavy atom. The first-order chi connectivity index (χ1) is 9.33. The van der Waals surface area contributed by atoms with Gasteiger partial charge >= 0.3 is 0 Å². The number of hydrogen-bond acceptors (Lipinski definition) is 3. The molecule has 19 heavy (non-hydrogen) atoms. The van der Waals surface area contributed by atoms with Crippen LogP contribution in [-0.4, -0.2) is 30.6 Å². The number of nitrogens with two attached hydrogens (primary N) is 1. The van der Waals surface area contributed by atoms with Crippen molar-refractivity contribution in [3.8, 4) is 5.75 Å². The molecule has 3 nitrogen and oxygen atoms in total. The van der Waals surface area contributed by atoms with Crippen LogP contribution in [0.15, 0.2) is 24.3 Å². The maximum absolute atomic E-state index is 5.97. The van der Waals surface area contributed by atoms with E-state index in [0.717, 1.165) is 24.1 Å². The van der Waals surface area contributed by atoms with Gasteiger partial charge in [0.15, 0.2) is 0 Å². The number of piperidine rings is 2. The normalized spacial score (nSPS) is 27.8. The highest BCUT2D eigenvalue weighted by atomic mass is 16.5. The molecule has 2 heterocycles. The Balaban J connectivity index is 1.59. The van der Waals surface area contributed by atoms with Crippen molar-refractivity contribution in [2.75, 3.05) is 25.4 Å². The molecule has 2 N–H and O–H groups in total. The summed E-state index contributed by atoms with van der Waals surface area (Å²) in [5.74, 6) is 1.60. The Hall–Kier alpha value is -1.22. The van der Waals surface area contributed by atoms with Gasteiger partial charge in [-0.25, -0.2) is 0 Å². The molecule has 2 saturated heterocycles. The molecule has 0 aliphatic carbocycles. The topological polar surface area (TPSA) is 38.5 Å². The highest BCUT2D eigenvalue weighted by Gasteiger charge is 2.33. The number of rotatable bonds is 3. The molecule has 0 aromatic heterocycles. The van der Waals surface area contributed by atoms with E-state index in [1.54, 1.807) is 0 Å². The second-order valence-electron chi connectivity index (χ2n) is 5.88. The minimum Gasteiger partial charge on any atom is -0.493 e. The lowest BCUT2D eigenvalue weighted by Crippen LogP contribution is -2.49. The van der Waals surface area contributed by atoms with Crippen LogP contribution in [0.25, 0.3) is 0 Å². The molecule has 3 rings (SSSR count). The molecular weight excluding hydrogens is 236 g/mol. The van der Waals surface area contributed by atoms with Gasteiger partial charge in [0.2, 0.25) is 0 Å². The third-order valence-electron chi connectivity index (χ3n) is 4.55. The molecule has 0 spiro atoms. The first-order valence-corrected chi connectivity index (χ1v) is 7.55. The van der Waals surface area contributed by atoms with E-state index < -0.39 is 0 Å². The highest BCUT2D eigenvalue weighted by molar-refractivity contribution is 5.43. The number of benzene rings is 1. The van der Waals surface area contributed by atoms with Crippen LogP contribution < -0.4 is 10.5 Å². The van der Waals surface area contributed by atoms with Crippen molar-refractivity contribution in [2.45, 2.75) is 38.1 Å². The van der Waals surface area contributed by atoms with Crippen LogP contribution in [0.2, 0.25) is 0 Å². The molecule has 2 aliphatic rings. The standard InChI is InChI=1S/C16H24N2O/c17-14-6-3-7-15(11-14)19-12-13-5-4-10-18-9-2-1-8-16(13)18/h3,6-7,11,13,16H,1-2,4-5,8-10,12,17H2/t13-,16-/m1/s1. The molecule has 104 valence electrons. The van der Waals surface area contributed by atoms with Crippen molar-refractivity contribution in [3.63, 3.8) is 0 Å². The molecule has 0 amide bonds. The Morgan fingerprint density at radius 2 is 2.05 bits per heavy atom. The Bertz CT molecular complexity index is 419. The van der Waals surface area contributed by atoms with Gasteiger partial charge < -0.3 is 10.5 Å². The van der Waals surface area contributed by atoms with Crippen LogP contribution in [0, 0.1) is 5.92 Å². The summed E-state index contributed by atoms with van der Waals surface area (Å²) in [5, 5.41) is 0. The summed E-state index contributed by atoms with van der Waals surface area (Å²) in [4.78, 5) is 2.68. The molecule has 1 aromatic rings. The zero-order valence-electron chi connectivity index (χ0n) is 11.6. The summed E-state index contributed by atoms with van der Waals surface area (Å²) in [6, 6.07) is 8.53. The fourth-order valence-corrected chi connectivity index (χ4v) is 3.58. The summed E-state index contributed by atoms with van der Waals surface area (Å²) < 4.78 is 5.97. The Morgan fingerprint density at radius 1 is 1.16 bits per heavy atom. The predicted octanol–water partition coefficient (Wildman–Crippen LogP) is 2.91. The van der Waals surface area contributed by atoms with Crippen LogP contribution in [0.3, 0.4) is 0 Å². The third kappa shape index (κ3) is 3.03. The minimum atomic E-state index is 0.690. The van der Waals surface area contributed by atoms with E-state index in [1.807, 2.05) is 24.3 Å².